The van der Waals surface area contributed by atoms with Crippen molar-refractivity contribution in [2.45, 2.75) is 20.5 Å². The van der Waals surface area contributed by atoms with Crippen LogP contribution < -0.4 is 5.56 Å². The summed E-state index contributed by atoms with van der Waals surface area (Å²) in [5, 5.41) is 8.44. The molecule has 0 bridgehead atoms. The molecule has 0 radical (unpaired) electrons. The van der Waals surface area contributed by atoms with Crippen molar-refractivity contribution in [2.75, 3.05) is 19.7 Å². The number of carbonyl (C=O) groups is 1. The lowest BCUT2D eigenvalue weighted by Crippen LogP contribution is -2.37. The molecule has 7 heteroatoms. The number of fused-ring (bicyclic) bond motifs is 1. The summed E-state index contributed by atoms with van der Waals surface area (Å²) in [5.41, 5.74) is 0.343. The number of aromatic nitrogens is 3. The van der Waals surface area contributed by atoms with Crippen molar-refractivity contribution in [3.05, 3.63) is 34.6 Å². The third-order valence-corrected chi connectivity index (χ3v) is 3.07. The minimum atomic E-state index is -0.318. The zero-order valence-corrected chi connectivity index (χ0v) is 12.2. The van der Waals surface area contributed by atoms with Crippen molar-refractivity contribution < 1.29 is 9.53 Å². The molecule has 1 aromatic heterocycles. The fourth-order valence-electron chi connectivity index (χ4n) is 1.96. The van der Waals surface area contributed by atoms with Crippen molar-refractivity contribution in [1.29, 1.82) is 0 Å². The molecule has 2 aromatic rings. The average molecular weight is 290 g/mol. The Labute approximate surface area is 122 Å². The summed E-state index contributed by atoms with van der Waals surface area (Å²) in [6, 6.07) is 7.04. The fourth-order valence-corrected chi connectivity index (χ4v) is 1.96. The number of hydrogen-bond donors (Lipinski definition) is 0. The molecule has 0 aliphatic carbocycles. The van der Waals surface area contributed by atoms with Crippen molar-refractivity contribution in [3.63, 3.8) is 0 Å². The SMILES string of the molecule is CCOC(=O)CN(CC)Cn1nnc2ccccc2c1=O. The van der Waals surface area contributed by atoms with Crippen LogP contribution >= 0.6 is 0 Å². The highest BCUT2D eigenvalue weighted by Crippen LogP contribution is 2.03. The highest BCUT2D eigenvalue weighted by molar-refractivity contribution is 5.76. The molecular weight excluding hydrogens is 272 g/mol. The van der Waals surface area contributed by atoms with E-state index in [4.69, 9.17) is 4.74 Å². The van der Waals surface area contributed by atoms with Crippen molar-refractivity contribution >= 4 is 16.9 Å². The molecule has 2 rings (SSSR count). The molecule has 0 unspecified atom stereocenters. The number of carbonyl (C=O) groups excluding carboxylic acids is 1. The quantitative estimate of drug-likeness (QED) is 0.726. The van der Waals surface area contributed by atoms with E-state index in [0.29, 0.717) is 24.1 Å². The molecule has 0 saturated heterocycles. The summed E-state index contributed by atoms with van der Waals surface area (Å²) in [4.78, 5) is 25.6. The summed E-state index contributed by atoms with van der Waals surface area (Å²) in [6.45, 7) is 4.91. The van der Waals surface area contributed by atoms with E-state index in [1.54, 1.807) is 36.1 Å². The summed E-state index contributed by atoms with van der Waals surface area (Å²) < 4.78 is 6.16. The van der Waals surface area contributed by atoms with Gasteiger partial charge >= 0.3 is 5.97 Å². The first kappa shape index (κ1) is 15.1. The van der Waals surface area contributed by atoms with Crippen LogP contribution in [0, 0.1) is 0 Å². The predicted molar refractivity (Wildman–Crippen MR) is 77.7 cm³/mol. The van der Waals surface area contributed by atoms with Crippen LogP contribution in [0.1, 0.15) is 13.8 Å². The molecule has 7 nitrogen and oxygen atoms in total. The number of ether oxygens (including phenoxy) is 1. The molecule has 0 aliphatic heterocycles. The van der Waals surface area contributed by atoms with Gasteiger partial charge in [0.25, 0.3) is 5.56 Å². The molecule has 0 N–H and O–H groups in total. The Hall–Kier alpha value is -2.28. The standard InChI is InChI=1S/C14H18N4O3/c1-3-17(9-13(19)21-4-2)10-18-14(20)11-7-5-6-8-12(11)15-16-18/h5-8H,3-4,9-10H2,1-2H3. The number of likely N-dealkylation sites (N-methyl/N-ethyl adjacent to an activating group) is 1. The van der Waals surface area contributed by atoms with E-state index < -0.39 is 0 Å². The zero-order valence-electron chi connectivity index (χ0n) is 12.2. The lowest BCUT2D eigenvalue weighted by molar-refractivity contribution is -0.144. The second-order valence-electron chi connectivity index (χ2n) is 4.50. The fraction of sp³-hybridized carbons (Fsp3) is 0.429. The second-order valence-corrected chi connectivity index (χ2v) is 4.50. The summed E-state index contributed by atoms with van der Waals surface area (Å²) in [5.74, 6) is -0.318. The molecule has 112 valence electrons. The van der Waals surface area contributed by atoms with E-state index in [9.17, 15) is 9.59 Å². The summed E-state index contributed by atoms with van der Waals surface area (Å²) in [7, 11) is 0. The first-order valence-corrected chi connectivity index (χ1v) is 6.86. The van der Waals surface area contributed by atoms with Crippen molar-refractivity contribution in [2.24, 2.45) is 0 Å². The van der Waals surface area contributed by atoms with Crippen LogP contribution in [0.5, 0.6) is 0 Å². The summed E-state index contributed by atoms with van der Waals surface area (Å²) in [6.07, 6.45) is 0. The lowest BCUT2D eigenvalue weighted by Gasteiger charge is -2.19. The first-order valence-electron chi connectivity index (χ1n) is 6.86. The normalized spacial score (nSPS) is 11.0. The van der Waals surface area contributed by atoms with Gasteiger partial charge in [0.2, 0.25) is 0 Å². The van der Waals surface area contributed by atoms with Crippen LogP contribution in [0.15, 0.2) is 29.1 Å². The van der Waals surface area contributed by atoms with Crippen LogP contribution in [-0.2, 0) is 16.2 Å². The Kier molecular flexibility index (Phi) is 4.99. The number of benzene rings is 1. The van der Waals surface area contributed by atoms with Gasteiger partial charge in [-0.15, -0.1) is 5.10 Å². The van der Waals surface area contributed by atoms with E-state index in [1.807, 2.05) is 6.92 Å². The molecule has 0 amide bonds. The van der Waals surface area contributed by atoms with Crippen LogP contribution in [0.3, 0.4) is 0 Å². The van der Waals surface area contributed by atoms with Crippen LogP contribution in [-0.4, -0.2) is 45.6 Å². The van der Waals surface area contributed by atoms with Crippen molar-refractivity contribution in [3.8, 4) is 0 Å². The third-order valence-electron chi connectivity index (χ3n) is 3.07. The maximum Gasteiger partial charge on any atom is 0.320 e. The maximum atomic E-state index is 12.3. The number of nitrogens with zero attached hydrogens (tertiary/aromatic N) is 4. The molecule has 0 aliphatic rings. The van der Waals surface area contributed by atoms with E-state index >= 15 is 0 Å². The van der Waals surface area contributed by atoms with Crippen LogP contribution in [0.25, 0.3) is 10.9 Å². The molecule has 21 heavy (non-hydrogen) atoms. The van der Waals surface area contributed by atoms with Gasteiger partial charge < -0.3 is 4.74 Å². The van der Waals surface area contributed by atoms with E-state index in [1.165, 1.54) is 4.68 Å². The molecule has 0 atom stereocenters. The van der Waals surface area contributed by atoms with Gasteiger partial charge in [-0.05, 0) is 25.6 Å². The molecule has 0 fully saturated rings. The summed E-state index contributed by atoms with van der Waals surface area (Å²) >= 11 is 0. The topological polar surface area (TPSA) is 77.3 Å². The Bertz CT molecular complexity index is 683. The average Bonchev–Trinajstić information content (AvgIpc) is 2.49. The maximum absolute atomic E-state index is 12.3. The third kappa shape index (κ3) is 3.63. The Morgan fingerprint density at radius 1 is 1.33 bits per heavy atom. The van der Waals surface area contributed by atoms with Gasteiger partial charge in [-0.2, -0.15) is 4.68 Å². The minimum absolute atomic E-state index is 0.116. The monoisotopic (exact) mass is 290 g/mol. The Morgan fingerprint density at radius 3 is 2.81 bits per heavy atom. The predicted octanol–water partition coefficient (Wildman–Crippen LogP) is 0.634. The van der Waals surface area contributed by atoms with Gasteiger partial charge in [0.15, 0.2) is 0 Å². The van der Waals surface area contributed by atoms with Gasteiger partial charge in [-0.1, -0.05) is 24.3 Å². The van der Waals surface area contributed by atoms with Crippen molar-refractivity contribution in [1.82, 2.24) is 19.9 Å². The van der Waals surface area contributed by atoms with Gasteiger partial charge in [-0.3, -0.25) is 14.5 Å². The Balaban J connectivity index is 2.20. The van der Waals surface area contributed by atoms with E-state index in [0.717, 1.165) is 0 Å². The van der Waals surface area contributed by atoms with E-state index in [2.05, 4.69) is 10.3 Å². The molecule has 1 aromatic carbocycles. The smallest absolute Gasteiger partial charge is 0.320 e. The van der Waals surface area contributed by atoms with Gasteiger partial charge in [0, 0.05) is 0 Å². The van der Waals surface area contributed by atoms with Crippen LogP contribution in [0.2, 0.25) is 0 Å². The first-order chi connectivity index (χ1) is 10.2. The highest BCUT2D eigenvalue weighted by Gasteiger charge is 2.13. The Morgan fingerprint density at radius 2 is 2.10 bits per heavy atom. The largest absolute Gasteiger partial charge is 0.465 e. The molecule has 0 spiro atoms. The number of hydrogen-bond acceptors (Lipinski definition) is 6. The number of rotatable bonds is 6. The zero-order chi connectivity index (χ0) is 15.2. The molecular formula is C14H18N4O3. The second kappa shape index (κ2) is 6.94. The van der Waals surface area contributed by atoms with Crippen LogP contribution in [0.4, 0.5) is 0 Å². The van der Waals surface area contributed by atoms with Gasteiger partial charge in [0.1, 0.15) is 5.52 Å². The van der Waals surface area contributed by atoms with Gasteiger partial charge in [-0.25, -0.2) is 0 Å². The number of esters is 1. The lowest BCUT2D eigenvalue weighted by atomic mass is 10.2. The molecule has 0 saturated carbocycles. The molecule has 1 heterocycles. The van der Waals surface area contributed by atoms with E-state index in [-0.39, 0.29) is 24.7 Å². The minimum Gasteiger partial charge on any atom is -0.465 e. The highest BCUT2D eigenvalue weighted by atomic mass is 16.5. The van der Waals surface area contributed by atoms with Gasteiger partial charge in [0.05, 0.1) is 25.2 Å².